The lowest BCUT2D eigenvalue weighted by Gasteiger charge is -2.08. The molecule has 1 aromatic heterocycles. The van der Waals surface area contributed by atoms with Crippen LogP contribution in [0.1, 0.15) is 0 Å². The quantitative estimate of drug-likeness (QED) is 0.531. The second-order valence-corrected chi connectivity index (χ2v) is 7.86. The summed E-state index contributed by atoms with van der Waals surface area (Å²) < 4.78 is 43.9. The van der Waals surface area contributed by atoms with Crippen molar-refractivity contribution < 1.29 is 17.5 Å². The van der Waals surface area contributed by atoms with E-state index in [2.05, 4.69) is 4.98 Å². The molecule has 0 spiro atoms. The molecule has 0 amide bonds. The van der Waals surface area contributed by atoms with Crippen molar-refractivity contribution in [1.29, 1.82) is 0 Å². The number of ether oxygens (including phenoxy) is 1. The average molecular weight is 381 g/mol. The van der Waals surface area contributed by atoms with E-state index in [0.29, 0.717) is 11.1 Å². The molecule has 3 aromatic carbocycles. The number of halogens is 1. The van der Waals surface area contributed by atoms with E-state index < -0.39 is 16.7 Å². The Morgan fingerprint density at radius 2 is 1.52 bits per heavy atom. The van der Waals surface area contributed by atoms with Crippen LogP contribution in [0.2, 0.25) is 0 Å². The van der Waals surface area contributed by atoms with Crippen LogP contribution >= 0.6 is 0 Å². The third-order valence-corrected chi connectivity index (χ3v) is 6.20. The first-order chi connectivity index (χ1) is 13.1. The number of nitrogens with one attached hydrogen (secondary N) is 1. The molecule has 0 aliphatic heterocycles. The van der Waals surface area contributed by atoms with Gasteiger partial charge in [0.2, 0.25) is 16.7 Å². The summed E-state index contributed by atoms with van der Waals surface area (Å²) in [5, 5.41) is 0.625. The predicted octanol–water partition coefficient (Wildman–Crippen LogP) is 4.97. The third-order valence-electron chi connectivity index (χ3n) is 4.34. The topological polar surface area (TPSA) is 59.2 Å². The van der Waals surface area contributed by atoms with Crippen molar-refractivity contribution in [2.45, 2.75) is 9.79 Å². The van der Waals surface area contributed by atoms with E-state index in [1.54, 1.807) is 6.07 Å². The van der Waals surface area contributed by atoms with Crippen LogP contribution in [-0.2, 0) is 9.84 Å². The van der Waals surface area contributed by atoms with Gasteiger partial charge in [-0.15, -0.1) is 0 Å². The van der Waals surface area contributed by atoms with Crippen LogP contribution in [-0.4, -0.2) is 20.3 Å². The first kappa shape index (κ1) is 17.3. The zero-order valence-electron chi connectivity index (χ0n) is 14.2. The van der Waals surface area contributed by atoms with Gasteiger partial charge in [-0.25, -0.2) is 12.8 Å². The molecule has 136 valence electrons. The summed E-state index contributed by atoms with van der Waals surface area (Å²) in [5.41, 5.74) is 2.07. The molecule has 27 heavy (non-hydrogen) atoms. The molecule has 0 fully saturated rings. The highest BCUT2D eigenvalue weighted by Gasteiger charge is 2.27. The normalized spacial score (nSPS) is 11.6. The highest BCUT2D eigenvalue weighted by atomic mass is 32.2. The maximum atomic E-state index is 13.4. The lowest BCUT2D eigenvalue weighted by atomic mass is 10.1. The Bertz CT molecular complexity index is 1180. The zero-order valence-corrected chi connectivity index (χ0v) is 15.0. The lowest BCUT2D eigenvalue weighted by molar-refractivity contribution is 0.191. The van der Waals surface area contributed by atoms with E-state index in [0.717, 1.165) is 11.1 Å². The maximum absolute atomic E-state index is 13.4. The Hall–Kier alpha value is -3.12. The largest absolute Gasteiger partial charge is 0.463 e. The zero-order chi connectivity index (χ0) is 18.9. The Morgan fingerprint density at radius 1 is 0.852 bits per heavy atom. The Balaban J connectivity index is 1.94. The molecule has 0 unspecified atom stereocenters. The molecule has 0 aliphatic rings. The molecular weight excluding hydrogens is 365 g/mol. The van der Waals surface area contributed by atoms with Gasteiger partial charge in [-0.2, -0.15) is 0 Å². The van der Waals surface area contributed by atoms with Crippen molar-refractivity contribution in [2.24, 2.45) is 0 Å². The fourth-order valence-electron chi connectivity index (χ4n) is 3.10. The second kappa shape index (κ2) is 6.89. The maximum Gasteiger partial charge on any atom is 0.228 e. The number of hydrogen-bond donors (Lipinski definition) is 1. The van der Waals surface area contributed by atoms with Gasteiger partial charge in [0.05, 0.1) is 10.6 Å². The van der Waals surface area contributed by atoms with E-state index in [1.807, 2.05) is 48.5 Å². The Morgan fingerprint density at radius 3 is 2.22 bits per heavy atom. The van der Waals surface area contributed by atoms with Crippen LogP contribution < -0.4 is 4.74 Å². The second-order valence-electron chi connectivity index (χ2n) is 5.97. The summed E-state index contributed by atoms with van der Waals surface area (Å²) in [6.45, 7) is -0.966. The van der Waals surface area contributed by atoms with E-state index in [1.165, 1.54) is 24.3 Å². The summed E-state index contributed by atoms with van der Waals surface area (Å²) in [6.07, 6.45) is 0. The number of fused-ring (bicyclic) bond motifs is 1. The molecule has 0 saturated heterocycles. The van der Waals surface area contributed by atoms with Crippen molar-refractivity contribution >= 4 is 20.7 Å². The molecule has 4 nitrogen and oxygen atoms in total. The van der Waals surface area contributed by atoms with Gasteiger partial charge in [-0.1, -0.05) is 48.5 Å². The van der Waals surface area contributed by atoms with Gasteiger partial charge >= 0.3 is 0 Å². The molecule has 0 radical (unpaired) electrons. The Labute approximate surface area is 156 Å². The summed E-state index contributed by atoms with van der Waals surface area (Å²) in [4.78, 5) is 3.58. The lowest BCUT2D eigenvalue weighted by Crippen LogP contribution is -2.03. The molecule has 0 atom stereocenters. The van der Waals surface area contributed by atoms with Crippen molar-refractivity contribution in [1.82, 2.24) is 4.98 Å². The van der Waals surface area contributed by atoms with Crippen molar-refractivity contribution in [3.8, 4) is 17.0 Å². The van der Waals surface area contributed by atoms with Crippen LogP contribution in [0.4, 0.5) is 4.39 Å². The fraction of sp³-hybridized carbons (Fsp3) is 0.0476. The van der Waals surface area contributed by atoms with Crippen LogP contribution in [0.25, 0.3) is 22.2 Å². The van der Waals surface area contributed by atoms with Crippen LogP contribution in [0, 0.1) is 0 Å². The SMILES string of the molecule is O=S(=O)(c1ccc(OCF)cc1)c1c(-c2ccccc2)[nH]c2ccccc12. The number of hydrogen-bond acceptors (Lipinski definition) is 3. The number of aromatic nitrogens is 1. The van der Waals surface area contributed by atoms with Crippen LogP contribution in [0.15, 0.2) is 88.7 Å². The molecule has 4 aromatic rings. The molecule has 6 heteroatoms. The fourth-order valence-corrected chi connectivity index (χ4v) is 4.73. The summed E-state index contributed by atoms with van der Waals surface area (Å²) >= 11 is 0. The van der Waals surface area contributed by atoms with Crippen molar-refractivity contribution in [3.63, 3.8) is 0 Å². The van der Waals surface area contributed by atoms with Gasteiger partial charge in [0.25, 0.3) is 0 Å². The highest BCUT2D eigenvalue weighted by Crippen LogP contribution is 2.37. The molecule has 0 saturated carbocycles. The molecule has 4 rings (SSSR count). The first-order valence-electron chi connectivity index (χ1n) is 8.31. The van der Waals surface area contributed by atoms with Crippen LogP contribution in [0.5, 0.6) is 5.75 Å². The van der Waals surface area contributed by atoms with E-state index in [4.69, 9.17) is 4.74 Å². The molecular formula is C21H16FNO3S. The van der Waals surface area contributed by atoms with E-state index in [-0.39, 0.29) is 15.5 Å². The first-order valence-corrected chi connectivity index (χ1v) is 9.79. The smallest absolute Gasteiger partial charge is 0.228 e. The minimum Gasteiger partial charge on any atom is -0.463 e. The van der Waals surface area contributed by atoms with E-state index >= 15 is 0 Å². The van der Waals surface area contributed by atoms with Gasteiger partial charge in [-0.05, 0) is 35.9 Å². The third kappa shape index (κ3) is 3.08. The van der Waals surface area contributed by atoms with E-state index in [9.17, 15) is 12.8 Å². The number of sulfone groups is 1. The van der Waals surface area contributed by atoms with Gasteiger partial charge in [-0.3, -0.25) is 0 Å². The monoisotopic (exact) mass is 381 g/mol. The van der Waals surface area contributed by atoms with Gasteiger partial charge in [0, 0.05) is 10.9 Å². The Kier molecular flexibility index (Phi) is 4.41. The number of H-pyrrole nitrogens is 1. The molecule has 0 aliphatic carbocycles. The number of para-hydroxylation sites is 1. The van der Waals surface area contributed by atoms with Crippen molar-refractivity contribution in [2.75, 3.05) is 6.86 Å². The molecule has 0 bridgehead atoms. The van der Waals surface area contributed by atoms with Gasteiger partial charge in [0.1, 0.15) is 10.6 Å². The minimum absolute atomic E-state index is 0.121. The molecule has 1 heterocycles. The molecule has 1 N–H and O–H groups in total. The minimum atomic E-state index is -3.81. The van der Waals surface area contributed by atoms with Crippen LogP contribution in [0.3, 0.4) is 0 Å². The standard InChI is InChI=1S/C21H16FNO3S/c22-14-26-16-10-12-17(13-11-16)27(24,25)21-18-8-4-5-9-19(18)23-20(21)15-6-2-1-3-7-15/h1-13,23H,14H2. The van der Waals surface area contributed by atoms with Crippen molar-refractivity contribution in [3.05, 3.63) is 78.9 Å². The highest BCUT2D eigenvalue weighted by molar-refractivity contribution is 7.91. The summed E-state index contributed by atoms with van der Waals surface area (Å²) in [6, 6.07) is 22.4. The van der Waals surface area contributed by atoms with Gasteiger partial charge in [0.15, 0.2) is 0 Å². The number of aromatic amines is 1. The number of benzene rings is 3. The number of rotatable bonds is 5. The predicted molar refractivity (Wildman–Crippen MR) is 102 cm³/mol. The number of alkyl halides is 1. The summed E-state index contributed by atoms with van der Waals surface area (Å²) in [5.74, 6) is 0.277. The average Bonchev–Trinajstić information content (AvgIpc) is 3.10. The van der Waals surface area contributed by atoms with Gasteiger partial charge < -0.3 is 9.72 Å². The summed E-state index contributed by atoms with van der Waals surface area (Å²) in [7, 11) is -3.81.